The highest BCUT2D eigenvalue weighted by Crippen LogP contribution is 2.11. The van der Waals surface area contributed by atoms with Crippen LogP contribution in [0.5, 0.6) is 0 Å². The fraction of sp³-hybridized carbons (Fsp3) is 0.795. The quantitative estimate of drug-likeness (QED) is 0.0450. The lowest BCUT2D eigenvalue weighted by molar-refractivity contribution is -0.152. The van der Waals surface area contributed by atoms with Gasteiger partial charge in [-0.3, -0.25) is 9.59 Å². The fourth-order valence-electron chi connectivity index (χ4n) is 4.99. The van der Waals surface area contributed by atoms with E-state index in [0.717, 1.165) is 57.8 Å². The third-order valence-corrected chi connectivity index (χ3v) is 7.85. The Morgan fingerprint density at radius 1 is 0.477 bits per heavy atom. The standard InChI is InChI=1S/C39H70O5/c1-3-5-7-9-11-13-15-17-19-21-23-25-27-29-31-33-38(41)43-35-37(40)36-44-39(42)34-32-30-28-26-24-22-20-18-16-14-12-10-8-6-4-2/h11,13,17-20,37,40H,3-10,12,14-16,21-36H2,1-2H3/b13-11-,19-17-,20-18-/t37-/m0/s1. The number of unbranched alkanes of at least 4 members (excludes halogenated alkanes) is 19. The molecular weight excluding hydrogens is 548 g/mol. The van der Waals surface area contributed by atoms with Gasteiger partial charge in [-0.25, -0.2) is 0 Å². The monoisotopic (exact) mass is 619 g/mol. The summed E-state index contributed by atoms with van der Waals surface area (Å²) in [7, 11) is 0. The van der Waals surface area contributed by atoms with Crippen LogP contribution in [0.25, 0.3) is 0 Å². The zero-order valence-corrected chi connectivity index (χ0v) is 28.9. The molecule has 5 heteroatoms. The molecule has 1 atom stereocenters. The van der Waals surface area contributed by atoms with Gasteiger partial charge in [0.2, 0.25) is 0 Å². The van der Waals surface area contributed by atoms with E-state index in [1.807, 2.05) is 0 Å². The SMILES string of the molecule is CCCCC/C=C\C/C=C\CCCCCCCC(=O)OC[C@H](O)COC(=O)CCCCCCC/C=C\CCCCCCCC. The molecule has 0 rings (SSSR count). The van der Waals surface area contributed by atoms with Crippen molar-refractivity contribution in [2.45, 2.75) is 187 Å². The van der Waals surface area contributed by atoms with Gasteiger partial charge in [0.1, 0.15) is 19.3 Å². The maximum absolute atomic E-state index is 11.9. The van der Waals surface area contributed by atoms with Gasteiger partial charge in [0.15, 0.2) is 0 Å². The highest BCUT2D eigenvalue weighted by molar-refractivity contribution is 5.69. The summed E-state index contributed by atoms with van der Waals surface area (Å²) in [6.45, 7) is 4.24. The van der Waals surface area contributed by atoms with Crippen LogP contribution < -0.4 is 0 Å². The van der Waals surface area contributed by atoms with E-state index in [2.05, 4.69) is 50.3 Å². The van der Waals surface area contributed by atoms with Crippen molar-refractivity contribution in [1.29, 1.82) is 0 Å². The molecule has 0 unspecified atom stereocenters. The fourth-order valence-corrected chi connectivity index (χ4v) is 4.99. The van der Waals surface area contributed by atoms with Gasteiger partial charge in [0, 0.05) is 12.8 Å². The molecule has 0 aromatic heterocycles. The summed E-state index contributed by atoms with van der Waals surface area (Å²) in [6, 6.07) is 0. The lowest BCUT2D eigenvalue weighted by atomic mass is 10.1. The molecule has 5 nitrogen and oxygen atoms in total. The van der Waals surface area contributed by atoms with Crippen LogP contribution in [0.2, 0.25) is 0 Å². The molecule has 0 spiro atoms. The number of carbonyl (C=O) groups is 2. The number of aliphatic hydroxyl groups is 1. The maximum Gasteiger partial charge on any atom is 0.305 e. The van der Waals surface area contributed by atoms with Crippen LogP contribution in [-0.4, -0.2) is 36.4 Å². The van der Waals surface area contributed by atoms with Gasteiger partial charge < -0.3 is 14.6 Å². The Labute approximate surface area is 272 Å². The first-order chi connectivity index (χ1) is 21.6. The van der Waals surface area contributed by atoms with Crippen molar-refractivity contribution in [3.05, 3.63) is 36.5 Å². The molecule has 44 heavy (non-hydrogen) atoms. The predicted molar refractivity (Wildman–Crippen MR) is 187 cm³/mol. The molecule has 0 heterocycles. The lowest BCUT2D eigenvalue weighted by Gasteiger charge is -2.12. The second-order valence-electron chi connectivity index (χ2n) is 12.3. The molecule has 1 N–H and O–H groups in total. The zero-order chi connectivity index (χ0) is 32.2. The van der Waals surface area contributed by atoms with Crippen molar-refractivity contribution in [3.63, 3.8) is 0 Å². The Morgan fingerprint density at radius 3 is 1.23 bits per heavy atom. The van der Waals surface area contributed by atoms with Crippen LogP contribution in [0, 0.1) is 0 Å². The highest BCUT2D eigenvalue weighted by atomic mass is 16.6. The third kappa shape index (κ3) is 34.6. The summed E-state index contributed by atoms with van der Waals surface area (Å²) < 4.78 is 10.3. The minimum absolute atomic E-state index is 0.124. The predicted octanol–water partition coefficient (Wildman–Crippen LogP) is 11.3. The zero-order valence-electron chi connectivity index (χ0n) is 28.9. The molecule has 0 aliphatic heterocycles. The number of carbonyl (C=O) groups excluding carboxylic acids is 2. The Kier molecular flexibility index (Phi) is 34.1. The van der Waals surface area contributed by atoms with E-state index < -0.39 is 6.10 Å². The number of hydrogen-bond acceptors (Lipinski definition) is 5. The van der Waals surface area contributed by atoms with Crippen molar-refractivity contribution >= 4 is 11.9 Å². The number of hydrogen-bond donors (Lipinski definition) is 1. The Morgan fingerprint density at radius 2 is 0.795 bits per heavy atom. The van der Waals surface area contributed by atoms with Crippen molar-refractivity contribution < 1.29 is 24.2 Å². The molecule has 0 aromatic rings. The second kappa shape index (κ2) is 35.6. The number of esters is 2. The Hall–Kier alpha value is -1.88. The van der Waals surface area contributed by atoms with Gasteiger partial charge in [0.05, 0.1) is 0 Å². The number of aliphatic hydroxyl groups excluding tert-OH is 1. The molecule has 0 amide bonds. The molecule has 0 radical (unpaired) electrons. The van der Waals surface area contributed by atoms with E-state index in [1.54, 1.807) is 0 Å². The van der Waals surface area contributed by atoms with Crippen LogP contribution in [0.15, 0.2) is 36.5 Å². The van der Waals surface area contributed by atoms with Crippen LogP contribution in [0.1, 0.15) is 181 Å². The topological polar surface area (TPSA) is 72.8 Å². The lowest BCUT2D eigenvalue weighted by Crippen LogP contribution is -2.25. The summed E-state index contributed by atoms with van der Waals surface area (Å²) in [5, 5.41) is 9.99. The van der Waals surface area contributed by atoms with E-state index in [0.29, 0.717) is 12.8 Å². The van der Waals surface area contributed by atoms with Crippen molar-refractivity contribution in [2.24, 2.45) is 0 Å². The minimum atomic E-state index is -0.971. The largest absolute Gasteiger partial charge is 0.463 e. The summed E-state index contributed by atoms with van der Waals surface area (Å²) in [5.41, 5.74) is 0. The molecule has 256 valence electrons. The molecule has 0 saturated carbocycles. The second-order valence-corrected chi connectivity index (χ2v) is 12.3. The van der Waals surface area contributed by atoms with Gasteiger partial charge in [-0.2, -0.15) is 0 Å². The minimum Gasteiger partial charge on any atom is -0.463 e. The van der Waals surface area contributed by atoms with Gasteiger partial charge in [-0.05, 0) is 70.6 Å². The first-order valence-electron chi connectivity index (χ1n) is 18.5. The van der Waals surface area contributed by atoms with Crippen LogP contribution in [0.3, 0.4) is 0 Å². The summed E-state index contributed by atoms with van der Waals surface area (Å²) in [5.74, 6) is -0.590. The van der Waals surface area contributed by atoms with E-state index in [4.69, 9.17) is 9.47 Å². The summed E-state index contributed by atoms with van der Waals surface area (Å²) >= 11 is 0. The molecular formula is C39H70O5. The summed E-state index contributed by atoms with van der Waals surface area (Å²) in [6.07, 6.45) is 41.9. The average molecular weight is 619 g/mol. The molecule has 0 aromatic carbocycles. The Balaban J connectivity index is 3.48. The van der Waals surface area contributed by atoms with Crippen LogP contribution in [-0.2, 0) is 19.1 Å². The number of ether oxygens (including phenoxy) is 2. The summed E-state index contributed by atoms with van der Waals surface area (Å²) in [4.78, 5) is 23.9. The van der Waals surface area contributed by atoms with Crippen LogP contribution in [0.4, 0.5) is 0 Å². The average Bonchev–Trinajstić information content (AvgIpc) is 3.02. The molecule has 0 saturated heterocycles. The first-order valence-corrected chi connectivity index (χ1v) is 18.5. The molecule has 0 aliphatic rings. The third-order valence-electron chi connectivity index (χ3n) is 7.85. The molecule has 0 fully saturated rings. The number of allylic oxidation sites excluding steroid dienone is 6. The van der Waals surface area contributed by atoms with Crippen molar-refractivity contribution in [3.8, 4) is 0 Å². The number of rotatable bonds is 33. The van der Waals surface area contributed by atoms with Gasteiger partial charge in [-0.1, -0.05) is 134 Å². The van der Waals surface area contributed by atoms with Crippen LogP contribution >= 0.6 is 0 Å². The van der Waals surface area contributed by atoms with Gasteiger partial charge in [-0.15, -0.1) is 0 Å². The van der Waals surface area contributed by atoms with E-state index in [1.165, 1.54) is 96.3 Å². The molecule has 0 bridgehead atoms. The van der Waals surface area contributed by atoms with E-state index in [9.17, 15) is 14.7 Å². The van der Waals surface area contributed by atoms with Crippen molar-refractivity contribution in [1.82, 2.24) is 0 Å². The first kappa shape index (κ1) is 42.1. The van der Waals surface area contributed by atoms with Gasteiger partial charge in [0.25, 0.3) is 0 Å². The van der Waals surface area contributed by atoms with Gasteiger partial charge >= 0.3 is 11.9 Å². The van der Waals surface area contributed by atoms with E-state index in [-0.39, 0.29) is 25.2 Å². The smallest absolute Gasteiger partial charge is 0.305 e. The normalized spacial score (nSPS) is 12.5. The highest BCUT2D eigenvalue weighted by Gasteiger charge is 2.12. The van der Waals surface area contributed by atoms with Crippen molar-refractivity contribution in [2.75, 3.05) is 13.2 Å². The molecule has 0 aliphatic carbocycles. The Bertz CT molecular complexity index is 711. The maximum atomic E-state index is 11.9. The van der Waals surface area contributed by atoms with E-state index >= 15 is 0 Å².